The highest BCUT2D eigenvalue weighted by Crippen LogP contribution is 2.17. The molecule has 0 radical (unpaired) electrons. The van der Waals surface area contributed by atoms with E-state index in [0.717, 1.165) is 0 Å². The smallest absolute Gasteiger partial charge is 0.307 e. The molecule has 1 amide bonds. The van der Waals surface area contributed by atoms with Gasteiger partial charge in [-0.3, -0.25) is 9.59 Å². The molecule has 22 heavy (non-hydrogen) atoms. The van der Waals surface area contributed by atoms with Crippen molar-refractivity contribution in [1.82, 2.24) is 14.3 Å². The third kappa shape index (κ3) is 3.36. The van der Waals surface area contributed by atoms with Gasteiger partial charge >= 0.3 is 5.97 Å². The lowest BCUT2D eigenvalue weighted by Crippen LogP contribution is -2.33. The van der Waals surface area contributed by atoms with Crippen molar-refractivity contribution in [3.05, 3.63) is 30.2 Å². The standard InChI is InChI=1S/C15H19N3O4/c1-3-17(9-7-13(20)22-4-2)15(21)11-10-18-8-5-6-12(19)14(18)16-11/h5-6,8,10,19H,3-4,7,9H2,1-2H3. The normalized spacial score (nSPS) is 10.6. The van der Waals surface area contributed by atoms with Crippen LogP contribution in [0.3, 0.4) is 0 Å². The molecule has 0 saturated heterocycles. The summed E-state index contributed by atoms with van der Waals surface area (Å²) in [4.78, 5) is 29.5. The summed E-state index contributed by atoms with van der Waals surface area (Å²) in [6.07, 6.45) is 3.41. The van der Waals surface area contributed by atoms with Gasteiger partial charge in [0.05, 0.1) is 13.0 Å². The number of nitrogens with zero attached hydrogens (tertiary/aromatic N) is 3. The Morgan fingerprint density at radius 1 is 1.41 bits per heavy atom. The minimum Gasteiger partial charge on any atom is -0.504 e. The highest BCUT2D eigenvalue weighted by Gasteiger charge is 2.19. The van der Waals surface area contributed by atoms with E-state index in [1.807, 2.05) is 6.92 Å². The maximum absolute atomic E-state index is 12.4. The van der Waals surface area contributed by atoms with Crippen molar-refractivity contribution < 1.29 is 19.4 Å². The summed E-state index contributed by atoms with van der Waals surface area (Å²) < 4.78 is 6.44. The molecule has 118 valence electrons. The number of rotatable bonds is 6. The van der Waals surface area contributed by atoms with Gasteiger partial charge in [0.1, 0.15) is 5.69 Å². The predicted octanol–water partition coefficient (Wildman–Crippen LogP) is 1.46. The molecule has 0 aliphatic carbocycles. The van der Waals surface area contributed by atoms with Crippen molar-refractivity contribution in [2.45, 2.75) is 20.3 Å². The zero-order valence-electron chi connectivity index (χ0n) is 12.7. The van der Waals surface area contributed by atoms with Crippen LogP contribution in [0.15, 0.2) is 24.5 Å². The van der Waals surface area contributed by atoms with Gasteiger partial charge < -0.3 is 19.1 Å². The summed E-state index contributed by atoms with van der Waals surface area (Å²) >= 11 is 0. The second-order valence-electron chi connectivity index (χ2n) is 4.69. The van der Waals surface area contributed by atoms with Crippen LogP contribution in [0.25, 0.3) is 5.65 Å². The number of carbonyl (C=O) groups is 2. The molecule has 0 aromatic carbocycles. The number of esters is 1. The molecule has 0 aliphatic rings. The lowest BCUT2D eigenvalue weighted by Gasteiger charge is -2.19. The first kappa shape index (κ1) is 15.8. The second kappa shape index (κ2) is 6.93. The number of ether oxygens (including phenoxy) is 1. The molecular formula is C15H19N3O4. The van der Waals surface area contributed by atoms with Crippen LogP contribution in [-0.2, 0) is 9.53 Å². The summed E-state index contributed by atoms with van der Waals surface area (Å²) in [6, 6.07) is 3.17. The second-order valence-corrected chi connectivity index (χ2v) is 4.69. The van der Waals surface area contributed by atoms with Gasteiger partial charge in [0, 0.05) is 25.5 Å². The molecule has 0 aliphatic heterocycles. The van der Waals surface area contributed by atoms with E-state index in [9.17, 15) is 14.7 Å². The average Bonchev–Trinajstić information content (AvgIpc) is 2.93. The number of fused-ring (bicyclic) bond motifs is 1. The fourth-order valence-electron chi connectivity index (χ4n) is 2.13. The Kier molecular flexibility index (Phi) is 4.98. The zero-order valence-corrected chi connectivity index (χ0v) is 12.7. The molecule has 2 heterocycles. The Morgan fingerprint density at radius 3 is 2.82 bits per heavy atom. The topological polar surface area (TPSA) is 84.1 Å². The Bertz CT molecular complexity index is 680. The number of pyridine rings is 1. The van der Waals surface area contributed by atoms with Gasteiger partial charge in [0.25, 0.3) is 5.91 Å². The fraction of sp³-hybridized carbons (Fsp3) is 0.400. The van der Waals surface area contributed by atoms with Gasteiger partial charge in [-0.1, -0.05) is 0 Å². The van der Waals surface area contributed by atoms with E-state index in [-0.39, 0.29) is 36.3 Å². The minimum absolute atomic E-state index is 0.0103. The van der Waals surface area contributed by atoms with Gasteiger partial charge in [-0.15, -0.1) is 0 Å². The van der Waals surface area contributed by atoms with Gasteiger partial charge in [-0.25, -0.2) is 4.98 Å². The van der Waals surface area contributed by atoms with E-state index in [1.54, 1.807) is 29.8 Å². The van der Waals surface area contributed by atoms with E-state index < -0.39 is 0 Å². The summed E-state index contributed by atoms with van der Waals surface area (Å²) in [5.74, 6) is -0.604. The molecule has 0 spiro atoms. The Balaban J connectivity index is 2.12. The largest absolute Gasteiger partial charge is 0.504 e. The maximum atomic E-state index is 12.4. The van der Waals surface area contributed by atoms with E-state index in [2.05, 4.69) is 4.98 Å². The van der Waals surface area contributed by atoms with Gasteiger partial charge in [0.15, 0.2) is 11.4 Å². The molecule has 0 saturated carbocycles. The Hall–Kier alpha value is -2.57. The molecule has 7 heteroatoms. The van der Waals surface area contributed by atoms with Crippen molar-refractivity contribution in [2.75, 3.05) is 19.7 Å². The molecule has 2 aromatic rings. The molecule has 0 bridgehead atoms. The van der Waals surface area contributed by atoms with Gasteiger partial charge in [-0.05, 0) is 26.0 Å². The van der Waals surface area contributed by atoms with Crippen molar-refractivity contribution in [3.63, 3.8) is 0 Å². The first-order valence-corrected chi connectivity index (χ1v) is 7.18. The highest BCUT2D eigenvalue weighted by molar-refractivity contribution is 5.93. The third-order valence-electron chi connectivity index (χ3n) is 3.24. The number of hydrogen-bond donors (Lipinski definition) is 1. The van der Waals surface area contributed by atoms with Crippen LogP contribution in [0.5, 0.6) is 5.75 Å². The molecule has 1 N–H and O–H groups in total. The van der Waals surface area contributed by atoms with Crippen LogP contribution in [0, 0.1) is 0 Å². The van der Waals surface area contributed by atoms with Crippen molar-refractivity contribution in [3.8, 4) is 5.75 Å². The quantitative estimate of drug-likeness (QED) is 0.817. The SMILES string of the molecule is CCOC(=O)CCN(CC)C(=O)c1cn2cccc(O)c2n1. The molecule has 0 unspecified atom stereocenters. The number of hydrogen-bond acceptors (Lipinski definition) is 5. The lowest BCUT2D eigenvalue weighted by atomic mass is 10.3. The van der Waals surface area contributed by atoms with Crippen molar-refractivity contribution >= 4 is 17.5 Å². The van der Waals surface area contributed by atoms with E-state index >= 15 is 0 Å². The van der Waals surface area contributed by atoms with E-state index in [4.69, 9.17) is 4.74 Å². The highest BCUT2D eigenvalue weighted by atomic mass is 16.5. The molecule has 7 nitrogen and oxygen atoms in total. The number of carbonyl (C=O) groups excluding carboxylic acids is 2. The predicted molar refractivity (Wildman–Crippen MR) is 79.7 cm³/mol. The van der Waals surface area contributed by atoms with Crippen LogP contribution in [0.1, 0.15) is 30.8 Å². The molecular weight excluding hydrogens is 286 g/mol. The lowest BCUT2D eigenvalue weighted by molar-refractivity contribution is -0.143. The van der Waals surface area contributed by atoms with Crippen molar-refractivity contribution in [2.24, 2.45) is 0 Å². The summed E-state index contributed by atoms with van der Waals surface area (Å²) in [5, 5.41) is 9.73. The minimum atomic E-state index is -0.332. The molecule has 2 rings (SSSR count). The van der Waals surface area contributed by atoms with Gasteiger partial charge in [0.2, 0.25) is 0 Å². The van der Waals surface area contributed by atoms with Crippen LogP contribution in [-0.4, -0.2) is 51.0 Å². The first-order valence-electron chi connectivity index (χ1n) is 7.18. The third-order valence-corrected chi connectivity index (χ3v) is 3.24. The van der Waals surface area contributed by atoms with E-state index in [1.165, 1.54) is 11.0 Å². The molecule has 0 atom stereocenters. The van der Waals surface area contributed by atoms with Crippen LogP contribution in [0.4, 0.5) is 0 Å². The summed E-state index contributed by atoms with van der Waals surface area (Å²) in [6.45, 7) is 4.62. The molecule has 2 aromatic heterocycles. The molecule has 0 fully saturated rings. The number of aromatic hydroxyl groups is 1. The maximum Gasteiger partial charge on any atom is 0.307 e. The number of imidazole rings is 1. The monoisotopic (exact) mass is 305 g/mol. The fourth-order valence-corrected chi connectivity index (χ4v) is 2.13. The first-order chi connectivity index (χ1) is 10.6. The van der Waals surface area contributed by atoms with E-state index in [0.29, 0.717) is 18.8 Å². The van der Waals surface area contributed by atoms with Gasteiger partial charge in [-0.2, -0.15) is 0 Å². The van der Waals surface area contributed by atoms with Crippen LogP contribution in [0.2, 0.25) is 0 Å². The summed E-state index contributed by atoms with van der Waals surface area (Å²) in [7, 11) is 0. The van der Waals surface area contributed by atoms with Crippen LogP contribution >= 0.6 is 0 Å². The summed E-state index contributed by atoms with van der Waals surface area (Å²) in [5.41, 5.74) is 0.555. The Labute approximate surface area is 128 Å². The van der Waals surface area contributed by atoms with Crippen LogP contribution < -0.4 is 0 Å². The Morgan fingerprint density at radius 2 is 2.18 bits per heavy atom. The number of amides is 1. The number of aromatic nitrogens is 2. The zero-order chi connectivity index (χ0) is 16.1. The average molecular weight is 305 g/mol. The van der Waals surface area contributed by atoms with Crippen molar-refractivity contribution in [1.29, 1.82) is 0 Å².